The lowest BCUT2D eigenvalue weighted by molar-refractivity contribution is -0.159. The van der Waals surface area contributed by atoms with Crippen molar-refractivity contribution in [1.82, 2.24) is 26.6 Å². The highest BCUT2D eigenvalue weighted by Crippen LogP contribution is 2.14. The molecule has 9 N–H and O–H groups in total. The van der Waals surface area contributed by atoms with Crippen molar-refractivity contribution < 1.29 is 38.3 Å². The van der Waals surface area contributed by atoms with Gasteiger partial charge in [-0.2, -0.15) is 11.8 Å². The van der Waals surface area contributed by atoms with Gasteiger partial charge in [-0.3, -0.25) is 28.8 Å². The van der Waals surface area contributed by atoms with Gasteiger partial charge in [0.05, 0.1) is 12.6 Å². The molecule has 2 aromatic carbocycles. The zero-order valence-electron chi connectivity index (χ0n) is 30.3. The molecule has 1 fully saturated rings. The average molecular weight is 754 g/mol. The highest BCUT2D eigenvalue weighted by molar-refractivity contribution is 7.98. The van der Waals surface area contributed by atoms with Gasteiger partial charge >= 0.3 is 5.97 Å². The minimum atomic E-state index is -1.54. The molecule has 0 aromatic heterocycles. The molecule has 1 unspecified atom stereocenters. The molecule has 288 valence electrons. The van der Waals surface area contributed by atoms with Crippen LogP contribution in [0.4, 0.5) is 0 Å². The molecule has 1 saturated heterocycles. The van der Waals surface area contributed by atoms with E-state index in [0.717, 1.165) is 5.56 Å². The summed E-state index contributed by atoms with van der Waals surface area (Å²) in [5.74, 6) is -4.09. The highest BCUT2D eigenvalue weighted by Gasteiger charge is 2.37. The van der Waals surface area contributed by atoms with Crippen molar-refractivity contribution in [3.63, 3.8) is 0 Å². The van der Waals surface area contributed by atoms with Gasteiger partial charge in [-0.05, 0) is 54.7 Å². The number of carbonyl (C=O) groups excluding carboxylic acids is 7. The fraction of sp³-hybridized carbons (Fsp3) is 0.486. The van der Waals surface area contributed by atoms with Crippen molar-refractivity contribution in [3.05, 3.63) is 71.8 Å². The lowest BCUT2D eigenvalue weighted by Gasteiger charge is -2.27. The quantitative estimate of drug-likeness (QED) is 0.0832. The summed E-state index contributed by atoms with van der Waals surface area (Å²) in [6.07, 6.45) is 1.39. The van der Waals surface area contributed by atoms with Crippen molar-refractivity contribution >= 4 is 53.2 Å². The van der Waals surface area contributed by atoms with Crippen LogP contribution in [0.15, 0.2) is 60.7 Å². The van der Waals surface area contributed by atoms with Gasteiger partial charge in [-0.25, -0.2) is 4.79 Å². The first kappa shape index (κ1) is 42.5. The van der Waals surface area contributed by atoms with Gasteiger partial charge < -0.3 is 42.8 Å². The molecular weight excluding hydrogens is 703 g/mol. The van der Waals surface area contributed by atoms with Gasteiger partial charge in [0, 0.05) is 12.8 Å². The molecule has 3 rings (SSSR count). The molecule has 15 nitrogen and oxygen atoms in total. The Hall–Kier alpha value is -4.96. The Bertz CT molecular complexity index is 1560. The molecule has 6 amide bonds. The van der Waals surface area contributed by atoms with Gasteiger partial charge in [0.1, 0.15) is 24.2 Å². The van der Waals surface area contributed by atoms with Crippen LogP contribution in [0.2, 0.25) is 0 Å². The van der Waals surface area contributed by atoms with Crippen molar-refractivity contribution in [1.29, 1.82) is 0 Å². The number of primary amides is 1. The third kappa shape index (κ3) is 14.5. The van der Waals surface area contributed by atoms with Crippen LogP contribution in [-0.4, -0.2) is 96.3 Å². The molecular formula is C37H51N7O8S. The summed E-state index contributed by atoms with van der Waals surface area (Å²) < 4.78 is 5.61. The largest absolute Gasteiger partial charge is 0.449 e. The smallest absolute Gasteiger partial charge is 0.329 e. The Labute approximate surface area is 313 Å². The zero-order valence-corrected chi connectivity index (χ0v) is 31.1. The van der Waals surface area contributed by atoms with Crippen molar-refractivity contribution in [2.75, 3.05) is 18.6 Å². The summed E-state index contributed by atoms with van der Waals surface area (Å²) in [6, 6.07) is 12.7. The Morgan fingerprint density at radius 2 is 1.45 bits per heavy atom. The van der Waals surface area contributed by atoms with Gasteiger partial charge in [-0.15, -0.1) is 0 Å². The number of thioether (sulfide) groups is 1. The second-order valence-electron chi connectivity index (χ2n) is 13.3. The summed E-state index contributed by atoms with van der Waals surface area (Å²) in [4.78, 5) is 90.5. The summed E-state index contributed by atoms with van der Waals surface area (Å²) in [7, 11) is 0. The minimum Gasteiger partial charge on any atom is -0.449 e. The summed E-state index contributed by atoms with van der Waals surface area (Å²) in [5, 5.41) is 13.0. The van der Waals surface area contributed by atoms with Crippen LogP contribution in [0.3, 0.4) is 0 Å². The Balaban J connectivity index is 1.75. The van der Waals surface area contributed by atoms with Crippen molar-refractivity contribution in [3.8, 4) is 0 Å². The van der Waals surface area contributed by atoms with E-state index in [1.54, 1.807) is 42.5 Å². The van der Waals surface area contributed by atoms with E-state index < -0.39 is 78.4 Å². The number of hydrogen-bond donors (Lipinski definition) is 7. The molecule has 6 atom stereocenters. The van der Waals surface area contributed by atoms with Crippen molar-refractivity contribution in [2.24, 2.45) is 17.4 Å². The summed E-state index contributed by atoms with van der Waals surface area (Å²) in [5.41, 5.74) is 13.4. The van der Waals surface area contributed by atoms with E-state index in [-0.39, 0.29) is 43.9 Å². The molecule has 53 heavy (non-hydrogen) atoms. The third-order valence-electron chi connectivity index (χ3n) is 8.45. The van der Waals surface area contributed by atoms with E-state index in [1.807, 2.05) is 38.3 Å². The van der Waals surface area contributed by atoms with Crippen LogP contribution < -0.4 is 38.1 Å². The SMILES string of the molecule is CSCC[C@H](NC(=O)[C@H](CC(C)C)NC(=O)CNC(=O)[C@H](Cc1ccccc1)NC(=O)[C@@H](OC(=O)[C@@H]1CCC(=O)N1)C(N)Cc1ccccc1)C(N)=O. The molecule has 1 heterocycles. The monoisotopic (exact) mass is 753 g/mol. The van der Waals surface area contributed by atoms with Gasteiger partial charge in [-0.1, -0.05) is 74.5 Å². The predicted octanol–water partition coefficient (Wildman–Crippen LogP) is -0.155. The number of esters is 1. The number of nitrogens with one attached hydrogen (secondary N) is 5. The normalized spacial score (nSPS) is 16.6. The van der Waals surface area contributed by atoms with Crippen LogP contribution in [-0.2, 0) is 51.1 Å². The lowest BCUT2D eigenvalue weighted by Crippen LogP contribution is -2.57. The van der Waals surface area contributed by atoms with E-state index in [1.165, 1.54) is 11.8 Å². The van der Waals surface area contributed by atoms with E-state index in [4.69, 9.17) is 16.2 Å². The molecule has 0 radical (unpaired) electrons. The Morgan fingerprint density at radius 1 is 0.849 bits per heavy atom. The molecule has 2 aromatic rings. The number of carbonyl (C=O) groups is 7. The second kappa shape index (κ2) is 21.5. The maximum atomic E-state index is 13.9. The third-order valence-corrected chi connectivity index (χ3v) is 9.10. The molecule has 16 heteroatoms. The van der Waals surface area contributed by atoms with E-state index in [2.05, 4.69) is 26.6 Å². The predicted molar refractivity (Wildman–Crippen MR) is 200 cm³/mol. The zero-order chi connectivity index (χ0) is 38.9. The van der Waals surface area contributed by atoms with E-state index in [0.29, 0.717) is 17.7 Å². The number of rotatable bonds is 21. The standard InChI is InChI=1S/C37H51N7O8S/c1-22(2)18-28(35(49)43-26(33(39)47)16-17-53-3)42-31(46)21-40-34(48)29(20-24-12-8-5-9-13-24)44-36(50)32(25(38)19-23-10-6-4-7-11-23)52-37(51)27-14-15-30(45)41-27/h4-13,22,25-29,32H,14-21,38H2,1-3H3,(H2,39,47)(H,40,48)(H,41,45)(H,42,46)(H,43,49)(H,44,50)/t25?,26-,27-,28-,29-,32-/m0/s1. The van der Waals surface area contributed by atoms with Crippen LogP contribution in [0.5, 0.6) is 0 Å². The maximum Gasteiger partial charge on any atom is 0.329 e. The summed E-state index contributed by atoms with van der Waals surface area (Å²) >= 11 is 1.49. The molecule has 0 saturated carbocycles. The topological polar surface area (TPSA) is 241 Å². The Morgan fingerprint density at radius 3 is 2.00 bits per heavy atom. The van der Waals surface area contributed by atoms with Gasteiger partial charge in [0.2, 0.25) is 29.5 Å². The first-order valence-corrected chi connectivity index (χ1v) is 19.0. The highest BCUT2D eigenvalue weighted by atomic mass is 32.2. The number of amides is 6. The van der Waals surface area contributed by atoms with E-state index >= 15 is 0 Å². The number of nitrogens with two attached hydrogens (primary N) is 2. The number of benzene rings is 2. The molecule has 1 aliphatic rings. The second-order valence-corrected chi connectivity index (χ2v) is 14.3. The number of ether oxygens (including phenoxy) is 1. The lowest BCUT2D eigenvalue weighted by atomic mass is 10.00. The fourth-order valence-corrected chi connectivity index (χ4v) is 6.14. The maximum absolute atomic E-state index is 13.9. The first-order valence-electron chi connectivity index (χ1n) is 17.6. The average Bonchev–Trinajstić information content (AvgIpc) is 3.57. The number of hydrogen-bond acceptors (Lipinski definition) is 10. The van der Waals surface area contributed by atoms with E-state index in [9.17, 15) is 33.6 Å². The first-order chi connectivity index (χ1) is 25.3. The molecule has 0 bridgehead atoms. The minimum absolute atomic E-state index is 0.00965. The molecule has 0 aliphatic carbocycles. The molecule has 1 aliphatic heterocycles. The van der Waals surface area contributed by atoms with Crippen LogP contribution in [0, 0.1) is 5.92 Å². The van der Waals surface area contributed by atoms with Crippen LogP contribution >= 0.6 is 11.8 Å². The Kier molecular flexibility index (Phi) is 17.3. The van der Waals surface area contributed by atoms with Gasteiger partial charge in [0.15, 0.2) is 6.10 Å². The fourth-order valence-electron chi connectivity index (χ4n) is 5.67. The van der Waals surface area contributed by atoms with Crippen LogP contribution in [0.25, 0.3) is 0 Å². The van der Waals surface area contributed by atoms with Crippen LogP contribution in [0.1, 0.15) is 50.7 Å². The van der Waals surface area contributed by atoms with Gasteiger partial charge in [0.25, 0.3) is 5.91 Å². The molecule has 0 spiro atoms. The van der Waals surface area contributed by atoms with Crippen molar-refractivity contribution in [2.45, 2.75) is 88.7 Å². The summed E-state index contributed by atoms with van der Waals surface area (Å²) in [6.45, 7) is 3.19.